The van der Waals surface area contributed by atoms with E-state index in [2.05, 4.69) is 40.0 Å². The van der Waals surface area contributed by atoms with Crippen molar-refractivity contribution in [1.29, 1.82) is 0 Å². The molecule has 0 saturated carbocycles. The Bertz CT molecular complexity index is 185. The maximum absolute atomic E-state index is 5.96. The molecule has 0 aliphatic heterocycles. The van der Waals surface area contributed by atoms with Gasteiger partial charge in [0.2, 0.25) is 0 Å². The van der Waals surface area contributed by atoms with Gasteiger partial charge in [0.25, 0.3) is 0 Å². The molecule has 1 heteroatoms. The lowest BCUT2D eigenvalue weighted by Gasteiger charge is -2.16. The molecule has 0 aromatic rings. The molecular weight excluding hydrogens is 158 g/mol. The lowest BCUT2D eigenvalue weighted by molar-refractivity contribution is 0.457. The van der Waals surface area contributed by atoms with E-state index in [1.807, 2.05) is 0 Å². The second-order valence-electron chi connectivity index (χ2n) is 4.30. The lowest BCUT2D eigenvalue weighted by Crippen LogP contribution is -2.26. The molecule has 13 heavy (non-hydrogen) atoms. The summed E-state index contributed by atoms with van der Waals surface area (Å²) in [6.45, 7) is 12.4. The van der Waals surface area contributed by atoms with E-state index >= 15 is 0 Å². The monoisotopic (exact) mass is 181 g/mol. The Kier molecular flexibility index (Phi) is 5.77. The van der Waals surface area contributed by atoms with Crippen LogP contribution in [0.3, 0.4) is 0 Å². The van der Waals surface area contributed by atoms with Crippen LogP contribution < -0.4 is 5.73 Å². The molecule has 1 atom stereocenters. The van der Waals surface area contributed by atoms with Gasteiger partial charge in [0.05, 0.1) is 0 Å². The van der Waals surface area contributed by atoms with E-state index in [1.54, 1.807) is 0 Å². The second-order valence-corrected chi connectivity index (χ2v) is 4.30. The molecule has 0 aliphatic carbocycles. The van der Waals surface area contributed by atoms with Crippen molar-refractivity contribution in [3.63, 3.8) is 0 Å². The van der Waals surface area contributed by atoms with Gasteiger partial charge in [-0.2, -0.15) is 0 Å². The van der Waals surface area contributed by atoms with Crippen LogP contribution >= 0.6 is 0 Å². The van der Waals surface area contributed by atoms with Gasteiger partial charge in [-0.1, -0.05) is 34.3 Å². The van der Waals surface area contributed by atoms with Gasteiger partial charge in [-0.25, -0.2) is 0 Å². The van der Waals surface area contributed by atoms with Gasteiger partial charge < -0.3 is 5.73 Å². The summed E-state index contributed by atoms with van der Waals surface area (Å²) in [5.74, 6) is 1.12. The first-order valence-electron chi connectivity index (χ1n) is 5.13. The fourth-order valence-electron chi connectivity index (χ4n) is 1.24. The van der Waals surface area contributed by atoms with Crippen LogP contribution in [0.15, 0.2) is 17.9 Å². The minimum Gasteiger partial charge on any atom is -0.327 e. The summed E-state index contributed by atoms with van der Waals surface area (Å²) in [5, 5.41) is 0. The summed E-state index contributed by atoms with van der Waals surface area (Å²) in [6.07, 6.45) is 2.09. The van der Waals surface area contributed by atoms with Crippen molar-refractivity contribution in [2.24, 2.45) is 17.6 Å². The Labute approximate surface area is 82.7 Å². The molecule has 0 amide bonds. The molecule has 0 radical (unpaired) electrons. The number of nitrogens with two attached hydrogens (primary N) is 1. The van der Waals surface area contributed by atoms with E-state index in [1.165, 1.54) is 5.57 Å². The van der Waals surface area contributed by atoms with Crippen LogP contribution in [-0.4, -0.2) is 6.04 Å². The third-order valence-corrected chi connectivity index (χ3v) is 2.53. The number of rotatable bonds is 5. The van der Waals surface area contributed by atoms with Gasteiger partial charge >= 0.3 is 0 Å². The average molecular weight is 181 g/mol. The molecule has 0 spiro atoms. The van der Waals surface area contributed by atoms with E-state index in [0.717, 1.165) is 12.8 Å². The maximum Gasteiger partial charge on any atom is 0.00651 e. The van der Waals surface area contributed by atoms with E-state index in [4.69, 9.17) is 5.73 Å². The third kappa shape index (κ3) is 4.92. The Hall–Kier alpha value is -0.520. The number of allylic oxidation sites excluding steroid dienone is 1. The van der Waals surface area contributed by atoms with Crippen molar-refractivity contribution in [3.8, 4) is 0 Å². The highest BCUT2D eigenvalue weighted by Gasteiger charge is 2.09. The molecule has 0 saturated heterocycles. The minimum atomic E-state index is 0.307. The molecule has 0 heterocycles. The Morgan fingerprint density at radius 1 is 1.31 bits per heavy atom. The zero-order valence-electron chi connectivity index (χ0n) is 9.43. The van der Waals surface area contributed by atoms with Crippen LogP contribution in [0.2, 0.25) is 0 Å². The molecule has 2 N–H and O–H groups in total. The third-order valence-electron chi connectivity index (χ3n) is 2.53. The molecule has 1 unspecified atom stereocenters. The van der Waals surface area contributed by atoms with Gasteiger partial charge in [0.15, 0.2) is 0 Å². The standard InChI is InChI=1S/C12H23N/c1-6-11(9(2)3)7-8-12(13)10(4)5/h9-10,12H,1,7-8,13H2,2-5H3. The Morgan fingerprint density at radius 3 is 2.15 bits per heavy atom. The predicted octanol–water partition coefficient (Wildman–Crippen LogP) is 3.12. The Balaban J connectivity index is 3.94. The molecule has 76 valence electrons. The van der Waals surface area contributed by atoms with Crippen LogP contribution in [0, 0.1) is 11.8 Å². The highest BCUT2D eigenvalue weighted by atomic mass is 14.6. The molecule has 0 fully saturated rings. The van der Waals surface area contributed by atoms with Crippen LogP contribution in [-0.2, 0) is 0 Å². The quantitative estimate of drug-likeness (QED) is 0.648. The highest BCUT2D eigenvalue weighted by molar-refractivity contribution is 5.02. The van der Waals surface area contributed by atoms with E-state index < -0.39 is 0 Å². The summed E-state index contributed by atoms with van der Waals surface area (Å²) in [4.78, 5) is 0. The lowest BCUT2D eigenvalue weighted by atomic mass is 9.93. The van der Waals surface area contributed by atoms with Crippen molar-refractivity contribution < 1.29 is 0 Å². The smallest absolute Gasteiger partial charge is 0.00651 e. The summed E-state index contributed by atoms with van der Waals surface area (Å²) in [6, 6.07) is 0.307. The molecule has 1 nitrogen and oxygen atoms in total. The molecule has 0 aliphatic rings. The average Bonchev–Trinajstić information content (AvgIpc) is 2.04. The van der Waals surface area contributed by atoms with E-state index in [0.29, 0.717) is 17.9 Å². The van der Waals surface area contributed by atoms with Crippen molar-refractivity contribution >= 4 is 0 Å². The summed E-state index contributed by atoms with van der Waals surface area (Å²) in [5.41, 5.74) is 10.3. The zero-order chi connectivity index (χ0) is 10.4. The van der Waals surface area contributed by atoms with Gasteiger partial charge in [-0.05, 0) is 30.3 Å². The minimum absolute atomic E-state index is 0.307. The predicted molar refractivity (Wildman–Crippen MR) is 59.5 cm³/mol. The Morgan fingerprint density at radius 2 is 1.85 bits per heavy atom. The normalized spacial score (nSPS) is 13.2. The molecular formula is C12H23N. The summed E-state index contributed by atoms with van der Waals surface area (Å²) >= 11 is 0. The van der Waals surface area contributed by atoms with Crippen molar-refractivity contribution in [1.82, 2.24) is 0 Å². The van der Waals surface area contributed by atoms with E-state index in [-0.39, 0.29) is 0 Å². The molecule has 0 bridgehead atoms. The zero-order valence-corrected chi connectivity index (χ0v) is 9.43. The fourth-order valence-corrected chi connectivity index (χ4v) is 1.24. The van der Waals surface area contributed by atoms with Crippen molar-refractivity contribution in [3.05, 3.63) is 17.9 Å². The maximum atomic E-state index is 5.96. The first-order chi connectivity index (χ1) is 5.99. The molecule has 0 aromatic heterocycles. The van der Waals surface area contributed by atoms with Gasteiger partial charge in [-0.15, -0.1) is 5.73 Å². The van der Waals surface area contributed by atoms with Gasteiger partial charge in [-0.3, -0.25) is 0 Å². The van der Waals surface area contributed by atoms with Crippen LogP contribution in [0.25, 0.3) is 0 Å². The molecule has 0 rings (SSSR count). The van der Waals surface area contributed by atoms with Gasteiger partial charge in [0.1, 0.15) is 0 Å². The topological polar surface area (TPSA) is 26.0 Å². The second kappa shape index (κ2) is 6.01. The summed E-state index contributed by atoms with van der Waals surface area (Å²) in [7, 11) is 0. The van der Waals surface area contributed by atoms with E-state index in [9.17, 15) is 0 Å². The first kappa shape index (κ1) is 12.5. The highest BCUT2D eigenvalue weighted by Crippen LogP contribution is 2.17. The molecule has 0 aromatic carbocycles. The van der Waals surface area contributed by atoms with Crippen molar-refractivity contribution in [2.75, 3.05) is 0 Å². The van der Waals surface area contributed by atoms with Gasteiger partial charge in [0, 0.05) is 6.04 Å². The van der Waals surface area contributed by atoms with Crippen LogP contribution in [0.5, 0.6) is 0 Å². The number of hydrogen-bond acceptors (Lipinski definition) is 1. The largest absolute Gasteiger partial charge is 0.327 e. The van der Waals surface area contributed by atoms with Crippen LogP contribution in [0.4, 0.5) is 0 Å². The van der Waals surface area contributed by atoms with Crippen LogP contribution in [0.1, 0.15) is 40.5 Å². The fraction of sp³-hybridized carbons (Fsp3) is 0.750. The number of hydrogen-bond donors (Lipinski definition) is 1. The first-order valence-corrected chi connectivity index (χ1v) is 5.13. The summed E-state index contributed by atoms with van der Waals surface area (Å²) < 4.78 is 0. The van der Waals surface area contributed by atoms with Crippen molar-refractivity contribution in [2.45, 2.75) is 46.6 Å². The SMILES string of the molecule is C=C=C(CCC(N)C(C)C)C(C)C.